The van der Waals surface area contributed by atoms with Crippen LogP contribution in [0.4, 0.5) is 5.95 Å². The molecule has 0 aliphatic heterocycles. The van der Waals surface area contributed by atoms with Gasteiger partial charge in [0.1, 0.15) is 5.76 Å². The van der Waals surface area contributed by atoms with Gasteiger partial charge < -0.3 is 14.4 Å². The predicted molar refractivity (Wildman–Crippen MR) is 77.7 cm³/mol. The molecule has 0 atom stereocenters. The maximum Gasteiger partial charge on any atom is 0.203 e. The van der Waals surface area contributed by atoms with E-state index < -0.39 is 0 Å². The Bertz CT molecular complexity index is 547. The molecule has 0 spiro atoms. The van der Waals surface area contributed by atoms with Crippen LogP contribution in [0.2, 0.25) is 0 Å². The van der Waals surface area contributed by atoms with Crippen molar-refractivity contribution in [2.24, 2.45) is 0 Å². The van der Waals surface area contributed by atoms with E-state index in [1.54, 1.807) is 0 Å². The molecule has 1 N–H and O–H groups in total. The van der Waals surface area contributed by atoms with E-state index in [4.69, 9.17) is 4.52 Å². The van der Waals surface area contributed by atoms with Gasteiger partial charge in [0.25, 0.3) is 0 Å². The first-order valence-corrected chi connectivity index (χ1v) is 7.44. The first kappa shape index (κ1) is 13.2. The standard InChI is InChI=1S/C15H22N4O/c1-11-14(12(2)20-18-11)10-17-15-16-8-9-19(15)13-6-4-3-5-7-13/h8-9,13H,3-7,10H2,1-2H3,(H,16,17). The highest BCUT2D eigenvalue weighted by Gasteiger charge is 2.18. The third-order valence-electron chi connectivity index (χ3n) is 4.24. The van der Waals surface area contributed by atoms with E-state index in [1.807, 2.05) is 20.0 Å². The fourth-order valence-electron chi connectivity index (χ4n) is 3.03. The molecule has 2 heterocycles. The maximum absolute atomic E-state index is 5.19. The number of aryl methyl sites for hydroxylation is 2. The Morgan fingerprint density at radius 2 is 2.10 bits per heavy atom. The van der Waals surface area contributed by atoms with Crippen LogP contribution in [0.3, 0.4) is 0 Å². The number of aromatic nitrogens is 3. The number of rotatable bonds is 4. The van der Waals surface area contributed by atoms with Gasteiger partial charge in [-0.1, -0.05) is 24.4 Å². The molecule has 1 saturated carbocycles. The molecule has 5 heteroatoms. The van der Waals surface area contributed by atoms with Gasteiger partial charge >= 0.3 is 0 Å². The van der Waals surface area contributed by atoms with Crippen LogP contribution in [-0.4, -0.2) is 14.7 Å². The number of hydrogen-bond donors (Lipinski definition) is 1. The Kier molecular flexibility index (Phi) is 3.76. The average molecular weight is 274 g/mol. The second-order valence-corrected chi connectivity index (χ2v) is 5.61. The van der Waals surface area contributed by atoms with Crippen molar-refractivity contribution >= 4 is 5.95 Å². The number of hydrogen-bond acceptors (Lipinski definition) is 4. The number of nitrogens with zero attached hydrogens (tertiary/aromatic N) is 3. The summed E-state index contributed by atoms with van der Waals surface area (Å²) in [7, 11) is 0. The van der Waals surface area contributed by atoms with Crippen molar-refractivity contribution in [3.63, 3.8) is 0 Å². The van der Waals surface area contributed by atoms with Gasteiger partial charge in [0.05, 0.1) is 5.69 Å². The Morgan fingerprint density at radius 3 is 2.80 bits per heavy atom. The topological polar surface area (TPSA) is 55.9 Å². The van der Waals surface area contributed by atoms with Crippen molar-refractivity contribution in [2.45, 2.75) is 58.5 Å². The minimum Gasteiger partial charge on any atom is -0.361 e. The van der Waals surface area contributed by atoms with Gasteiger partial charge in [-0.05, 0) is 26.7 Å². The summed E-state index contributed by atoms with van der Waals surface area (Å²) in [6.07, 6.45) is 10.5. The van der Waals surface area contributed by atoms with Gasteiger partial charge in [-0.2, -0.15) is 0 Å². The minimum absolute atomic E-state index is 0.596. The molecule has 0 radical (unpaired) electrons. The van der Waals surface area contributed by atoms with Crippen molar-refractivity contribution in [3.8, 4) is 0 Å². The molecule has 20 heavy (non-hydrogen) atoms. The van der Waals surface area contributed by atoms with Crippen LogP contribution in [-0.2, 0) is 6.54 Å². The van der Waals surface area contributed by atoms with Gasteiger partial charge in [0.15, 0.2) is 0 Å². The molecule has 0 amide bonds. The largest absolute Gasteiger partial charge is 0.361 e. The van der Waals surface area contributed by atoms with Crippen molar-refractivity contribution < 1.29 is 4.52 Å². The van der Waals surface area contributed by atoms with Crippen molar-refractivity contribution in [2.75, 3.05) is 5.32 Å². The molecular formula is C15H22N4O. The summed E-state index contributed by atoms with van der Waals surface area (Å²) in [6, 6.07) is 0.596. The monoisotopic (exact) mass is 274 g/mol. The number of anilines is 1. The van der Waals surface area contributed by atoms with Crippen LogP contribution in [0, 0.1) is 13.8 Å². The van der Waals surface area contributed by atoms with Gasteiger partial charge in [0, 0.05) is 30.5 Å². The molecule has 5 nitrogen and oxygen atoms in total. The second kappa shape index (κ2) is 5.69. The van der Waals surface area contributed by atoms with E-state index in [9.17, 15) is 0 Å². The Morgan fingerprint density at radius 1 is 1.30 bits per heavy atom. The van der Waals surface area contributed by atoms with Gasteiger partial charge in [-0.3, -0.25) is 0 Å². The highest BCUT2D eigenvalue weighted by Crippen LogP contribution is 2.30. The fraction of sp³-hybridized carbons (Fsp3) is 0.600. The van der Waals surface area contributed by atoms with E-state index in [-0.39, 0.29) is 0 Å². The average Bonchev–Trinajstić information content (AvgIpc) is 3.06. The zero-order chi connectivity index (χ0) is 13.9. The lowest BCUT2D eigenvalue weighted by Gasteiger charge is -2.24. The number of imidazole rings is 1. The molecule has 3 rings (SSSR count). The lowest BCUT2D eigenvalue weighted by atomic mass is 9.95. The normalized spacial score (nSPS) is 16.5. The highest BCUT2D eigenvalue weighted by atomic mass is 16.5. The molecular weight excluding hydrogens is 252 g/mol. The fourth-order valence-corrected chi connectivity index (χ4v) is 3.03. The summed E-state index contributed by atoms with van der Waals surface area (Å²) in [5.74, 6) is 1.84. The minimum atomic E-state index is 0.596. The van der Waals surface area contributed by atoms with E-state index in [0.717, 1.165) is 23.0 Å². The lowest BCUT2D eigenvalue weighted by molar-refractivity contribution is 0.356. The van der Waals surface area contributed by atoms with Crippen LogP contribution in [0.1, 0.15) is 55.2 Å². The van der Waals surface area contributed by atoms with Gasteiger partial charge in [-0.25, -0.2) is 4.98 Å². The van der Waals surface area contributed by atoms with Crippen LogP contribution in [0.25, 0.3) is 0 Å². The molecule has 1 aliphatic rings. The molecule has 2 aromatic rings. The third kappa shape index (κ3) is 2.57. The van der Waals surface area contributed by atoms with Gasteiger partial charge in [-0.15, -0.1) is 0 Å². The van der Waals surface area contributed by atoms with Crippen molar-refractivity contribution in [1.82, 2.24) is 14.7 Å². The number of nitrogens with one attached hydrogen (secondary N) is 1. The zero-order valence-electron chi connectivity index (χ0n) is 12.2. The van der Waals surface area contributed by atoms with E-state index in [0.29, 0.717) is 12.6 Å². The summed E-state index contributed by atoms with van der Waals surface area (Å²) in [4.78, 5) is 4.45. The predicted octanol–water partition coefficient (Wildman–Crippen LogP) is 3.61. The second-order valence-electron chi connectivity index (χ2n) is 5.61. The summed E-state index contributed by atoms with van der Waals surface area (Å²) >= 11 is 0. The Hall–Kier alpha value is -1.78. The molecule has 1 aliphatic carbocycles. The van der Waals surface area contributed by atoms with Gasteiger partial charge in [0.2, 0.25) is 5.95 Å². The van der Waals surface area contributed by atoms with Crippen LogP contribution in [0.15, 0.2) is 16.9 Å². The first-order chi connectivity index (χ1) is 9.75. The summed E-state index contributed by atoms with van der Waals surface area (Å²) < 4.78 is 7.48. The summed E-state index contributed by atoms with van der Waals surface area (Å²) in [5.41, 5.74) is 2.08. The lowest BCUT2D eigenvalue weighted by Crippen LogP contribution is -2.15. The van der Waals surface area contributed by atoms with E-state index in [1.165, 1.54) is 32.1 Å². The van der Waals surface area contributed by atoms with Crippen LogP contribution in [0.5, 0.6) is 0 Å². The zero-order valence-corrected chi connectivity index (χ0v) is 12.2. The maximum atomic E-state index is 5.19. The van der Waals surface area contributed by atoms with Crippen molar-refractivity contribution in [1.29, 1.82) is 0 Å². The SMILES string of the molecule is Cc1noc(C)c1CNc1nccn1C1CCCCC1. The van der Waals surface area contributed by atoms with Crippen LogP contribution >= 0.6 is 0 Å². The molecule has 108 valence electrons. The molecule has 0 bridgehead atoms. The first-order valence-electron chi connectivity index (χ1n) is 7.44. The third-order valence-corrected chi connectivity index (χ3v) is 4.24. The summed E-state index contributed by atoms with van der Waals surface area (Å²) in [5, 5.41) is 7.41. The van der Waals surface area contributed by atoms with Crippen molar-refractivity contribution in [3.05, 3.63) is 29.4 Å². The quantitative estimate of drug-likeness (QED) is 0.925. The smallest absolute Gasteiger partial charge is 0.203 e. The Labute approximate surface area is 119 Å². The van der Waals surface area contributed by atoms with E-state index in [2.05, 4.69) is 26.2 Å². The molecule has 0 aromatic carbocycles. The summed E-state index contributed by atoms with van der Waals surface area (Å²) in [6.45, 7) is 4.64. The van der Waals surface area contributed by atoms with Crippen LogP contribution < -0.4 is 5.32 Å². The molecule has 2 aromatic heterocycles. The molecule has 1 fully saturated rings. The molecule has 0 saturated heterocycles. The highest BCUT2D eigenvalue weighted by molar-refractivity contribution is 5.31. The molecule has 0 unspecified atom stereocenters. The Balaban J connectivity index is 1.70. The van der Waals surface area contributed by atoms with E-state index >= 15 is 0 Å².